The Balaban J connectivity index is 1.11. The van der Waals surface area contributed by atoms with Crippen LogP contribution in [-0.4, -0.2) is 0 Å². The van der Waals surface area contributed by atoms with Gasteiger partial charge in [-0.25, -0.2) is 0 Å². The van der Waals surface area contributed by atoms with Gasteiger partial charge in [-0.05, 0) is 102 Å². The number of rotatable bonds is 4. The molecule has 0 radical (unpaired) electrons. The Hall–Kier alpha value is -7.42. The molecule has 0 atom stereocenters. The van der Waals surface area contributed by atoms with E-state index < -0.39 is 0 Å². The number of fused-ring (bicyclic) bond motifs is 15. The molecule has 2 aliphatic carbocycles. The zero-order chi connectivity index (χ0) is 41.5. The maximum Gasteiger partial charge on any atom is 0.143 e. The first-order chi connectivity index (χ1) is 30.3. The molecule has 2 heteroatoms. The fourth-order valence-corrected chi connectivity index (χ4v) is 11.5. The third-order valence-corrected chi connectivity index (χ3v) is 14.2. The molecule has 0 spiro atoms. The van der Waals surface area contributed by atoms with Crippen molar-refractivity contribution in [3.05, 3.63) is 204 Å². The summed E-state index contributed by atoms with van der Waals surface area (Å²) in [5, 5.41) is 4.69. The quantitative estimate of drug-likeness (QED) is 0.177. The van der Waals surface area contributed by atoms with Gasteiger partial charge in [-0.2, -0.15) is 0 Å². The molecule has 11 aromatic rings. The van der Waals surface area contributed by atoms with Crippen molar-refractivity contribution in [1.29, 1.82) is 0 Å². The second-order valence-corrected chi connectivity index (χ2v) is 18.3. The molecule has 0 bridgehead atoms. The zero-order valence-electron chi connectivity index (χ0n) is 35.1. The fraction of sp³-hybridized carbons (Fsp3) is 0.100. The van der Waals surface area contributed by atoms with Gasteiger partial charge in [0.2, 0.25) is 0 Å². The molecule has 0 fully saturated rings. The number of para-hydroxylation sites is 2. The van der Waals surface area contributed by atoms with Crippen molar-refractivity contribution in [3.63, 3.8) is 0 Å². The number of benzene rings is 9. The Morgan fingerprint density at radius 2 is 0.677 bits per heavy atom. The van der Waals surface area contributed by atoms with Crippen LogP contribution in [0.4, 0.5) is 0 Å². The van der Waals surface area contributed by atoms with Crippen LogP contribution < -0.4 is 0 Å². The van der Waals surface area contributed by atoms with Gasteiger partial charge in [0.1, 0.15) is 22.3 Å². The molecule has 62 heavy (non-hydrogen) atoms. The number of hydrogen-bond donors (Lipinski definition) is 0. The molecule has 13 rings (SSSR count). The first-order valence-electron chi connectivity index (χ1n) is 21.8. The minimum atomic E-state index is -0.335. The van der Waals surface area contributed by atoms with Gasteiger partial charge in [0.25, 0.3) is 0 Å². The van der Waals surface area contributed by atoms with E-state index in [2.05, 4.69) is 210 Å². The maximum atomic E-state index is 6.99. The fourth-order valence-electron chi connectivity index (χ4n) is 11.5. The summed E-state index contributed by atoms with van der Waals surface area (Å²) >= 11 is 0. The Morgan fingerprint density at radius 3 is 1.10 bits per heavy atom. The van der Waals surface area contributed by atoms with Crippen LogP contribution >= 0.6 is 0 Å². The van der Waals surface area contributed by atoms with Crippen molar-refractivity contribution in [3.8, 4) is 66.8 Å². The molecular formula is C60H42O2. The van der Waals surface area contributed by atoms with Crippen LogP contribution in [0.3, 0.4) is 0 Å². The van der Waals surface area contributed by atoms with Crippen LogP contribution in [0.5, 0.6) is 0 Å². The summed E-state index contributed by atoms with van der Waals surface area (Å²) in [6.07, 6.45) is 0. The minimum Gasteiger partial charge on any atom is -0.455 e. The molecule has 0 amide bonds. The highest BCUT2D eigenvalue weighted by atomic mass is 16.3. The second-order valence-electron chi connectivity index (χ2n) is 18.3. The van der Waals surface area contributed by atoms with Crippen LogP contribution in [0.1, 0.15) is 49.9 Å². The zero-order valence-corrected chi connectivity index (χ0v) is 35.1. The average Bonchev–Trinajstić information content (AvgIpc) is 4.02. The van der Waals surface area contributed by atoms with E-state index >= 15 is 0 Å². The summed E-state index contributed by atoms with van der Waals surface area (Å²) in [4.78, 5) is 0. The lowest BCUT2D eigenvalue weighted by molar-refractivity contribution is 0.601. The van der Waals surface area contributed by atoms with E-state index in [0.29, 0.717) is 0 Å². The largest absolute Gasteiger partial charge is 0.455 e. The molecule has 2 heterocycles. The van der Waals surface area contributed by atoms with Gasteiger partial charge in [0.05, 0.1) is 0 Å². The Morgan fingerprint density at radius 1 is 0.323 bits per heavy atom. The van der Waals surface area contributed by atoms with E-state index in [0.717, 1.165) is 44.2 Å². The normalized spacial score (nSPS) is 14.4. The van der Waals surface area contributed by atoms with Crippen molar-refractivity contribution in [2.45, 2.75) is 38.5 Å². The molecule has 294 valence electrons. The Labute approximate surface area is 360 Å². The SMILES string of the molecule is CC1(C)c2cc(-c3ccccc3-c3ccccc3)c3oc4ccccc4c3c2-c2ccc3c(c21)C(C)(C)c1cc(-c2ccccc2-c2ccccc2)c2oc4ccccc4c2c1-3. The van der Waals surface area contributed by atoms with Crippen molar-refractivity contribution >= 4 is 43.9 Å². The van der Waals surface area contributed by atoms with Crippen LogP contribution in [0.15, 0.2) is 191 Å². The topological polar surface area (TPSA) is 26.3 Å². The van der Waals surface area contributed by atoms with E-state index in [1.165, 1.54) is 88.7 Å². The van der Waals surface area contributed by atoms with Crippen LogP contribution in [0.25, 0.3) is 111 Å². The van der Waals surface area contributed by atoms with Crippen molar-refractivity contribution in [2.24, 2.45) is 0 Å². The molecule has 2 nitrogen and oxygen atoms in total. The Kier molecular flexibility index (Phi) is 7.16. The highest BCUT2D eigenvalue weighted by molar-refractivity contribution is 6.22. The summed E-state index contributed by atoms with van der Waals surface area (Å²) < 4.78 is 14.0. The van der Waals surface area contributed by atoms with Gasteiger partial charge in [-0.15, -0.1) is 0 Å². The highest BCUT2D eigenvalue weighted by Gasteiger charge is 2.48. The summed E-state index contributed by atoms with van der Waals surface area (Å²) in [6, 6.07) is 66.0. The van der Waals surface area contributed by atoms with Crippen LogP contribution in [-0.2, 0) is 10.8 Å². The van der Waals surface area contributed by atoms with Gasteiger partial charge in [-0.1, -0.05) is 185 Å². The van der Waals surface area contributed by atoms with Gasteiger partial charge in [-0.3, -0.25) is 0 Å². The minimum absolute atomic E-state index is 0.335. The van der Waals surface area contributed by atoms with E-state index in [4.69, 9.17) is 8.83 Å². The molecule has 0 saturated heterocycles. The maximum absolute atomic E-state index is 6.99. The monoisotopic (exact) mass is 794 g/mol. The van der Waals surface area contributed by atoms with Crippen molar-refractivity contribution in [1.82, 2.24) is 0 Å². The van der Waals surface area contributed by atoms with E-state index in [1.54, 1.807) is 0 Å². The molecule has 0 aliphatic heterocycles. The number of hydrogen-bond acceptors (Lipinski definition) is 2. The highest BCUT2D eigenvalue weighted by Crippen LogP contribution is 2.63. The van der Waals surface area contributed by atoms with Crippen LogP contribution in [0.2, 0.25) is 0 Å². The summed E-state index contributed by atoms with van der Waals surface area (Å²) in [5.74, 6) is 0. The van der Waals surface area contributed by atoms with Gasteiger partial charge in [0, 0.05) is 43.5 Å². The number of furan rings is 2. The predicted molar refractivity (Wildman–Crippen MR) is 258 cm³/mol. The van der Waals surface area contributed by atoms with Gasteiger partial charge in [0.15, 0.2) is 0 Å². The molecule has 2 aromatic heterocycles. The molecular weight excluding hydrogens is 753 g/mol. The third-order valence-electron chi connectivity index (χ3n) is 14.2. The molecule has 0 saturated carbocycles. The smallest absolute Gasteiger partial charge is 0.143 e. The Bertz CT molecular complexity index is 3430. The molecule has 9 aromatic carbocycles. The summed E-state index contributed by atoms with van der Waals surface area (Å²) in [6.45, 7) is 9.79. The average molecular weight is 795 g/mol. The van der Waals surface area contributed by atoms with Crippen LogP contribution in [0, 0.1) is 0 Å². The summed E-state index contributed by atoms with van der Waals surface area (Å²) in [7, 11) is 0. The van der Waals surface area contributed by atoms with E-state index in [9.17, 15) is 0 Å². The van der Waals surface area contributed by atoms with Gasteiger partial charge >= 0.3 is 0 Å². The van der Waals surface area contributed by atoms with Crippen molar-refractivity contribution in [2.75, 3.05) is 0 Å². The lowest BCUT2D eigenvalue weighted by Gasteiger charge is -2.31. The van der Waals surface area contributed by atoms with Crippen molar-refractivity contribution < 1.29 is 8.83 Å². The lowest BCUT2D eigenvalue weighted by Crippen LogP contribution is -2.24. The van der Waals surface area contributed by atoms with E-state index in [-0.39, 0.29) is 10.8 Å². The third kappa shape index (κ3) is 4.64. The first kappa shape index (κ1) is 35.3. The molecule has 0 N–H and O–H groups in total. The first-order valence-corrected chi connectivity index (χ1v) is 21.8. The van der Waals surface area contributed by atoms with Gasteiger partial charge < -0.3 is 8.83 Å². The van der Waals surface area contributed by atoms with E-state index in [1.807, 2.05) is 0 Å². The second kappa shape index (κ2) is 12.6. The lowest BCUT2D eigenvalue weighted by atomic mass is 9.72. The standard InChI is InChI=1S/C60H42O2/c1-59(2)47-33-45(39-25-13-11-23-37(39)35-19-7-5-8-20-35)57-53(41-27-15-17-29-49(41)61-57)51(47)43-31-32-44-52-48(60(3,4)56(44)55(43)59)34-46(58-54(52)42-28-16-18-30-50(42)62-58)40-26-14-12-24-38(40)36-21-9-6-10-22-36/h5-34H,1-4H3. The molecule has 0 unspecified atom stereocenters. The summed E-state index contributed by atoms with van der Waals surface area (Å²) in [5.41, 5.74) is 23.0. The predicted octanol–water partition coefficient (Wildman–Crippen LogP) is 16.8. The molecule has 2 aliphatic rings.